The van der Waals surface area contributed by atoms with Crippen LogP contribution in [0.1, 0.15) is 11.1 Å². The number of rotatable bonds is 2. The van der Waals surface area contributed by atoms with Crippen LogP contribution in [0.25, 0.3) is 21.8 Å². The number of hydrogen-bond donors (Lipinski definition) is 4. The zero-order valence-corrected chi connectivity index (χ0v) is 15.9. The van der Waals surface area contributed by atoms with Crippen molar-refractivity contribution in [2.24, 2.45) is 20.5 Å². The first-order valence-corrected chi connectivity index (χ1v) is 8.83. The standard InChI is InChI=1S/C19H16N6O2S/c1-9-3-5-13-11(7-9)15(17(26)20-13)22-24-19(28)25-23-16-12-8-10(2)4-6-14(12)21-18(16)27/h3-8,20-21,26-27H,1-2H3. The number of hydrogen-bond acceptors (Lipinski definition) is 5. The van der Waals surface area contributed by atoms with Crippen LogP contribution >= 0.6 is 12.2 Å². The van der Waals surface area contributed by atoms with E-state index in [9.17, 15) is 10.2 Å². The van der Waals surface area contributed by atoms with Gasteiger partial charge in [-0.15, -0.1) is 20.5 Å². The van der Waals surface area contributed by atoms with Crippen molar-refractivity contribution in [1.29, 1.82) is 0 Å². The van der Waals surface area contributed by atoms with Gasteiger partial charge >= 0.3 is 0 Å². The molecule has 2 heterocycles. The molecule has 2 aromatic heterocycles. The molecule has 9 heteroatoms. The molecule has 0 saturated heterocycles. The minimum Gasteiger partial charge on any atom is -0.493 e. The molecule has 0 aliphatic carbocycles. The van der Waals surface area contributed by atoms with E-state index in [1.165, 1.54) is 0 Å². The monoisotopic (exact) mass is 392 g/mol. The van der Waals surface area contributed by atoms with Crippen molar-refractivity contribution in [2.45, 2.75) is 13.8 Å². The molecule has 0 radical (unpaired) electrons. The van der Waals surface area contributed by atoms with Crippen LogP contribution in [-0.4, -0.2) is 25.3 Å². The van der Waals surface area contributed by atoms with Crippen molar-refractivity contribution in [3.8, 4) is 11.8 Å². The molecule has 0 bridgehead atoms. The second-order valence-corrected chi connectivity index (χ2v) is 6.79. The number of aromatic nitrogens is 2. The van der Waals surface area contributed by atoms with Gasteiger partial charge in [0.25, 0.3) is 5.11 Å². The fourth-order valence-electron chi connectivity index (χ4n) is 2.96. The third-order valence-electron chi connectivity index (χ3n) is 4.29. The Morgan fingerprint density at radius 3 is 1.64 bits per heavy atom. The SMILES string of the molecule is Cc1ccc2[nH]c(O)c(N=NC(=S)N=Nc3c(O)[nH]c4ccc(C)cc34)c2c1. The average Bonchev–Trinajstić information content (AvgIpc) is 3.13. The Bertz CT molecular complexity index is 1190. The summed E-state index contributed by atoms with van der Waals surface area (Å²) in [5.41, 5.74) is 4.08. The quantitative estimate of drug-likeness (QED) is 0.253. The molecule has 0 aliphatic rings. The molecule has 0 spiro atoms. The molecule has 28 heavy (non-hydrogen) atoms. The van der Waals surface area contributed by atoms with Gasteiger partial charge in [-0.3, -0.25) is 0 Å². The molecule has 2 aromatic carbocycles. The lowest BCUT2D eigenvalue weighted by atomic mass is 10.2. The van der Waals surface area contributed by atoms with Crippen molar-refractivity contribution in [3.05, 3.63) is 47.5 Å². The lowest BCUT2D eigenvalue weighted by Gasteiger charge is -1.94. The van der Waals surface area contributed by atoms with Gasteiger partial charge in [0.2, 0.25) is 11.8 Å². The highest BCUT2D eigenvalue weighted by molar-refractivity contribution is 7.80. The summed E-state index contributed by atoms with van der Waals surface area (Å²) in [6, 6.07) is 11.3. The molecule has 4 rings (SSSR count). The summed E-state index contributed by atoms with van der Waals surface area (Å²) in [6.45, 7) is 3.89. The van der Waals surface area contributed by atoms with Crippen molar-refractivity contribution in [3.63, 3.8) is 0 Å². The van der Waals surface area contributed by atoms with Gasteiger partial charge in [-0.05, 0) is 50.3 Å². The summed E-state index contributed by atoms with van der Waals surface area (Å²) in [5.74, 6) is -0.206. The Balaban J connectivity index is 1.62. The number of H-pyrrole nitrogens is 2. The van der Waals surface area contributed by atoms with Gasteiger partial charge in [0.1, 0.15) is 0 Å². The number of benzene rings is 2. The van der Waals surface area contributed by atoms with E-state index in [0.717, 1.165) is 32.9 Å². The second-order valence-electron chi connectivity index (χ2n) is 6.43. The van der Waals surface area contributed by atoms with E-state index in [4.69, 9.17) is 12.2 Å². The van der Waals surface area contributed by atoms with Crippen LogP contribution in [0.15, 0.2) is 56.9 Å². The molecule has 0 atom stereocenters. The van der Waals surface area contributed by atoms with Crippen LogP contribution in [0.3, 0.4) is 0 Å². The normalized spacial score (nSPS) is 12.1. The van der Waals surface area contributed by atoms with Crippen molar-refractivity contribution in [2.75, 3.05) is 0 Å². The van der Waals surface area contributed by atoms with E-state index >= 15 is 0 Å². The first-order valence-electron chi connectivity index (χ1n) is 8.42. The number of aromatic hydroxyl groups is 2. The fraction of sp³-hybridized carbons (Fsp3) is 0.105. The molecule has 140 valence electrons. The summed E-state index contributed by atoms with van der Waals surface area (Å²) in [5, 5.41) is 37.2. The van der Waals surface area contributed by atoms with Gasteiger partial charge in [-0.1, -0.05) is 23.3 Å². The van der Waals surface area contributed by atoms with Gasteiger partial charge in [-0.2, -0.15) is 0 Å². The number of fused-ring (bicyclic) bond motifs is 2. The third-order valence-corrected chi connectivity index (χ3v) is 4.45. The number of azo groups is 2. The first kappa shape index (κ1) is 17.8. The van der Waals surface area contributed by atoms with Crippen LogP contribution in [0, 0.1) is 13.8 Å². The lowest BCUT2D eigenvalue weighted by Crippen LogP contribution is -1.79. The number of aryl methyl sites for hydroxylation is 2. The predicted octanol–water partition coefficient (Wildman–Crippen LogP) is 5.83. The lowest BCUT2D eigenvalue weighted by molar-refractivity contribution is 0.459. The van der Waals surface area contributed by atoms with E-state index in [0.29, 0.717) is 0 Å². The maximum Gasteiger partial charge on any atom is 0.259 e. The summed E-state index contributed by atoms with van der Waals surface area (Å²) in [7, 11) is 0. The zero-order chi connectivity index (χ0) is 19.8. The average molecular weight is 392 g/mol. The highest BCUT2D eigenvalue weighted by Crippen LogP contribution is 2.37. The molecule has 0 fully saturated rings. The fourth-order valence-corrected chi connectivity index (χ4v) is 3.04. The molecule has 4 N–H and O–H groups in total. The van der Waals surface area contributed by atoms with E-state index in [2.05, 4.69) is 30.4 Å². The van der Waals surface area contributed by atoms with Crippen LogP contribution in [0.2, 0.25) is 0 Å². The second kappa shape index (κ2) is 6.86. The smallest absolute Gasteiger partial charge is 0.259 e. The Hall–Kier alpha value is -3.59. The van der Waals surface area contributed by atoms with Gasteiger partial charge < -0.3 is 20.2 Å². The van der Waals surface area contributed by atoms with Gasteiger partial charge in [0.15, 0.2) is 11.4 Å². The molecule has 8 nitrogen and oxygen atoms in total. The summed E-state index contributed by atoms with van der Waals surface area (Å²) >= 11 is 5.08. The van der Waals surface area contributed by atoms with E-state index in [1.54, 1.807) is 0 Å². The van der Waals surface area contributed by atoms with Crippen LogP contribution < -0.4 is 0 Å². The Morgan fingerprint density at radius 2 is 1.21 bits per heavy atom. The Morgan fingerprint density at radius 1 is 0.786 bits per heavy atom. The van der Waals surface area contributed by atoms with Gasteiger partial charge in [0.05, 0.1) is 11.0 Å². The maximum atomic E-state index is 10.1. The first-order chi connectivity index (χ1) is 13.4. The Labute approximate surface area is 164 Å². The number of nitrogens with zero attached hydrogens (tertiary/aromatic N) is 4. The number of aromatic amines is 2. The number of nitrogens with one attached hydrogen (secondary N) is 2. The highest BCUT2D eigenvalue weighted by Gasteiger charge is 2.12. The third kappa shape index (κ3) is 3.23. The Kier molecular flexibility index (Phi) is 4.36. The largest absolute Gasteiger partial charge is 0.493 e. The van der Waals surface area contributed by atoms with E-state index in [1.807, 2.05) is 50.2 Å². The van der Waals surface area contributed by atoms with Crippen LogP contribution in [0.4, 0.5) is 11.4 Å². The van der Waals surface area contributed by atoms with E-state index < -0.39 is 0 Å². The minimum absolute atomic E-state index is 0.103. The van der Waals surface area contributed by atoms with Crippen molar-refractivity contribution < 1.29 is 10.2 Å². The van der Waals surface area contributed by atoms with Gasteiger partial charge in [0, 0.05) is 10.8 Å². The number of thiocarbonyl (C=S) groups is 1. The predicted molar refractivity (Wildman–Crippen MR) is 111 cm³/mol. The van der Waals surface area contributed by atoms with E-state index in [-0.39, 0.29) is 28.2 Å². The van der Waals surface area contributed by atoms with Crippen molar-refractivity contribution >= 4 is 50.5 Å². The minimum atomic E-state index is -0.136. The van der Waals surface area contributed by atoms with Crippen LogP contribution in [-0.2, 0) is 0 Å². The molecule has 0 amide bonds. The molecule has 0 aliphatic heterocycles. The highest BCUT2D eigenvalue weighted by atomic mass is 32.1. The molecular weight excluding hydrogens is 376 g/mol. The summed E-state index contributed by atoms with van der Waals surface area (Å²) < 4.78 is 0. The van der Waals surface area contributed by atoms with Crippen molar-refractivity contribution in [1.82, 2.24) is 9.97 Å². The van der Waals surface area contributed by atoms with Crippen LogP contribution in [0.5, 0.6) is 11.8 Å². The molecular formula is C19H16N6O2S. The topological polar surface area (TPSA) is 121 Å². The zero-order valence-electron chi connectivity index (χ0n) is 15.1. The molecule has 4 aromatic rings. The summed E-state index contributed by atoms with van der Waals surface area (Å²) in [4.78, 5) is 5.67. The van der Waals surface area contributed by atoms with Gasteiger partial charge in [-0.25, -0.2) is 0 Å². The molecule has 0 saturated carbocycles. The maximum absolute atomic E-state index is 10.1. The molecule has 0 unspecified atom stereocenters. The summed E-state index contributed by atoms with van der Waals surface area (Å²) in [6.07, 6.45) is 0.